The van der Waals surface area contributed by atoms with Crippen LogP contribution in [0.1, 0.15) is 57.8 Å². The molecule has 3 amide bonds. The molecule has 1 spiro atoms. The Morgan fingerprint density at radius 3 is 2.32 bits per heavy atom. The van der Waals surface area contributed by atoms with Crippen LogP contribution in [-0.4, -0.2) is 59.0 Å². The van der Waals surface area contributed by atoms with Crippen molar-refractivity contribution in [3.8, 4) is 0 Å². The Morgan fingerprint density at radius 1 is 1.06 bits per heavy atom. The van der Waals surface area contributed by atoms with E-state index in [2.05, 4.69) is 17.2 Å². The Kier molecular flexibility index (Phi) is 5.40. The van der Waals surface area contributed by atoms with Gasteiger partial charge in [0.25, 0.3) is 0 Å². The summed E-state index contributed by atoms with van der Waals surface area (Å²) in [5.41, 5.74) is -1.07. The highest BCUT2D eigenvalue weighted by molar-refractivity contribution is 6.00. The molecular formula is C24H33N3O4. The van der Waals surface area contributed by atoms with Gasteiger partial charge >= 0.3 is 0 Å². The minimum absolute atomic E-state index is 0.117. The van der Waals surface area contributed by atoms with Gasteiger partial charge in [-0.1, -0.05) is 50.3 Å². The minimum atomic E-state index is -1.07. The number of nitrogens with one attached hydrogen (secondary N) is 2. The summed E-state index contributed by atoms with van der Waals surface area (Å²) in [6.45, 7) is 4.04. The molecule has 0 aromatic heterocycles. The summed E-state index contributed by atoms with van der Waals surface area (Å²) in [6.07, 6.45) is 14.5. The summed E-state index contributed by atoms with van der Waals surface area (Å²) in [6, 6.07) is -0.449. The summed E-state index contributed by atoms with van der Waals surface area (Å²) in [7, 11) is 0. The Bertz CT molecular complexity index is 799. The van der Waals surface area contributed by atoms with Gasteiger partial charge in [0, 0.05) is 18.6 Å². The van der Waals surface area contributed by atoms with E-state index in [0.717, 1.165) is 51.4 Å². The third kappa shape index (κ3) is 3.32. The predicted octanol–water partition coefficient (Wildman–Crippen LogP) is 1.83. The lowest BCUT2D eigenvalue weighted by Crippen LogP contribution is -2.56. The summed E-state index contributed by atoms with van der Waals surface area (Å²) >= 11 is 0. The second-order valence-electron chi connectivity index (χ2n) is 9.81. The topological polar surface area (TPSA) is 87.7 Å². The largest absolute Gasteiger partial charge is 0.359 e. The van der Waals surface area contributed by atoms with Crippen molar-refractivity contribution in [3.63, 3.8) is 0 Å². The first-order chi connectivity index (χ1) is 15.0. The van der Waals surface area contributed by atoms with E-state index in [0.29, 0.717) is 0 Å². The van der Waals surface area contributed by atoms with Crippen molar-refractivity contribution in [2.75, 3.05) is 6.54 Å². The molecule has 2 saturated carbocycles. The zero-order valence-electron chi connectivity index (χ0n) is 18.1. The van der Waals surface area contributed by atoms with Crippen LogP contribution < -0.4 is 10.6 Å². The first-order valence-corrected chi connectivity index (χ1v) is 11.9. The van der Waals surface area contributed by atoms with E-state index >= 15 is 0 Å². The van der Waals surface area contributed by atoms with Crippen molar-refractivity contribution in [2.45, 2.75) is 87.6 Å². The van der Waals surface area contributed by atoms with Gasteiger partial charge in [-0.05, 0) is 25.7 Å². The third-order valence-electron chi connectivity index (χ3n) is 7.90. The molecule has 5 atom stereocenters. The summed E-state index contributed by atoms with van der Waals surface area (Å²) in [4.78, 5) is 41.8. The number of carbonyl (C=O) groups excluding carboxylic acids is 3. The second-order valence-corrected chi connectivity index (χ2v) is 9.81. The highest BCUT2D eigenvalue weighted by Crippen LogP contribution is 2.55. The van der Waals surface area contributed by atoms with Gasteiger partial charge in [0.1, 0.15) is 11.6 Å². The van der Waals surface area contributed by atoms with Crippen LogP contribution in [-0.2, 0) is 19.1 Å². The number of carbonyl (C=O) groups is 3. The molecular weight excluding hydrogens is 394 g/mol. The molecule has 3 heterocycles. The van der Waals surface area contributed by atoms with Crippen LogP contribution in [0.2, 0.25) is 0 Å². The Balaban J connectivity index is 1.41. The van der Waals surface area contributed by atoms with E-state index in [4.69, 9.17) is 4.74 Å². The minimum Gasteiger partial charge on any atom is -0.359 e. The molecule has 3 aliphatic heterocycles. The normalized spacial score (nSPS) is 37.3. The summed E-state index contributed by atoms with van der Waals surface area (Å²) in [5.74, 6) is -1.72. The average Bonchev–Trinajstić information content (AvgIpc) is 3.52. The first kappa shape index (κ1) is 20.7. The fourth-order valence-electron chi connectivity index (χ4n) is 6.50. The van der Waals surface area contributed by atoms with Gasteiger partial charge < -0.3 is 20.3 Å². The molecule has 7 heteroatoms. The van der Waals surface area contributed by atoms with Crippen molar-refractivity contribution in [3.05, 3.63) is 24.8 Å². The lowest BCUT2D eigenvalue weighted by atomic mass is 9.74. The van der Waals surface area contributed by atoms with Gasteiger partial charge in [0.2, 0.25) is 17.7 Å². The van der Waals surface area contributed by atoms with Crippen LogP contribution in [0.4, 0.5) is 0 Å². The average molecular weight is 428 g/mol. The van der Waals surface area contributed by atoms with E-state index in [1.807, 2.05) is 12.2 Å². The van der Waals surface area contributed by atoms with Crippen LogP contribution in [0.15, 0.2) is 24.8 Å². The highest BCUT2D eigenvalue weighted by Gasteiger charge is 2.72. The van der Waals surface area contributed by atoms with Crippen molar-refractivity contribution in [1.29, 1.82) is 0 Å². The molecule has 5 rings (SSSR count). The van der Waals surface area contributed by atoms with Crippen LogP contribution in [0.25, 0.3) is 0 Å². The van der Waals surface area contributed by atoms with E-state index in [1.165, 1.54) is 6.42 Å². The molecule has 0 radical (unpaired) electrons. The van der Waals surface area contributed by atoms with Gasteiger partial charge in [0.15, 0.2) is 0 Å². The van der Waals surface area contributed by atoms with E-state index in [-0.39, 0.29) is 36.3 Å². The molecule has 168 valence electrons. The highest BCUT2D eigenvalue weighted by atomic mass is 16.5. The number of hydrogen-bond acceptors (Lipinski definition) is 4. The maximum absolute atomic E-state index is 13.5. The Hall–Kier alpha value is -2.15. The fraction of sp³-hybridized carbons (Fsp3) is 0.708. The molecule has 31 heavy (non-hydrogen) atoms. The number of ether oxygens (including phenoxy) is 1. The molecule has 2 saturated heterocycles. The molecule has 0 unspecified atom stereocenters. The number of nitrogens with zero attached hydrogens (tertiary/aromatic N) is 1. The molecule has 2 N–H and O–H groups in total. The van der Waals surface area contributed by atoms with E-state index in [9.17, 15) is 14.4 Å². The van der Waals surface area contributed by atoms with Crippen LogP contribution >= 0.6 is 0 Å². The third-order valence-corrected chi connectivity index (χ3v) is 7.90. The Morgan fingerprint density at radius 2 is 1.68 bits per heavy atom. The SMILES string of the molecule is C=CCN1C(=O)[C@@H]2[C@H](C(=O)NC3CCCC3)[C@H]3C=C[C@@]2(O3)[C@H]1C(=O)NC1CCCCC1. The maximum Gasteiger partial charge on any atom is 0.246 e. The van der Waals surface area contributed by atoms with Gasteiger partial charge in [-0.2, -0.15) is 0 Å². The van der Waals surface area contributed by atoms with Gasteiger partial charge in [-0.15, -0.1) is 6.58 Å². The van der Waals surface area contributed by atoms with Crippen molar-refractivity contribution >= 4 is 17.7 Å². The number of fused-ring (bicyclic) bond motifs is 1. The van der Waals surface area contributed by atoms with E-state index in [1.54, 1.807) is 11.0 Å². The Labute approximate surface area is 183 Å². The molecule has 0 aromatic rings. The first-order valence-electron chi connectivity index (χ1n) is 11.9. The molecule has 2 aliphatic carbocycles. The van der Waals surface area contributed by atoms with E-state index < -0.39 is 29.6 Å². The van der Waals surface area contributed by atoms with Gasteiger partial charge in [-0.3, -0.25) is 14.4 Å². The summed E-state index contributed by atoms with van der Waals surface area (Å²) in [5, 5.41) is 6.33. The van der Waals surface area contributed by atoms with Crippen molar-refractivity contribution in [2.24, 2.45) is 11.8 Å². The predicted molar refractivity (Wildman–Crippen MR) is 115 cm³/mol. The maximum atomic E-state index is 13.5. The monoisotopic (exact) mass is 427 g/mol. The van der Waals surface area contributed by atoms with Crippen LogP contribution in [0.5, 0.6) is 0 Å². The quantitative estimate of drug-likeness (QED) is 0.633. The van der Waals surface area contributed by atoms with Crippen LogP contribution in [0, 0.1) is 11.8 Å². The number of rotatable bonds is 6. The molecule has 2 bridgehead atoms. The molecule has 0 aromatic carbocycles. The number of likely N-dealkylation sites (tertiary alicyclic amines) is 1. The van der Waals surface area contributed by atoms with Crippen LogP contribution in [0.3, 0.4) is 0 Å². The summed E-state index contributed by atoms with van der Waals surface area (Å²) < 4.78 is 6.32. The van der Waals surface area contributed by atoms with Gasteiger partial charge in [-0.25, -0.2) is 0 Å². The lowest BCUT2D eigenvalue weighted by Gasteiger charge is -2.33. The zero-order chi connectivity index (χ0) is 21.6. The van der Waals surface area contributed by atoms with Gasteiger partial charge in [0.05, 0.1) is 17.9 Å². The number of hydrogen-bond donors (Lipinski definition) is 2. The van der Waals surface area contributed by atoms with Crippen molar-refractivity contribution < 1.29 is 19.1 Å². The molecule has 7 nitrogen and oxygen atoms in total. The van der Waals surface area contributed by atoms with Crippen molar-refractivity contribution in [1.82, 2.24) is 15.5 Å². The standard InChI is InChI=1S/C24H33N3O4/c1-2-14-27-20(22(29)26-16-8-4-3-5-9-16)24-13-12-17(31-24)18(19(24)23(27)30)21(28)25-15-10-6-7-11-15/h2,12-13,15-20H,1,3-11,14H2,(H,25,28)(H,26,29)/t17-,18-,19+,20-,24+/m1/s1. The number of amides is 3. The molecule has 5 aliphatic rings. The molecule has 4 fully saturated rings. The zero-order valence-corrected chi connectivity index (χ0v) is 18.1. The second kappa shape index (κ2) is 8.08. The smallest absolute Gasteiger partial charge is 0.246 e. The lowest BCUT2D eigenvalue weighted by molar-refractivity contribution is -0.141. The fourth-order valence-corrected chi connectivity index (χ4v) is 6.50.